The molecule has 0 spiro atoms. The SMILES string of the molecule is CCCC(=O)Nc1ccc(Cl)c(NC(=S)NC(=O)c2ccc(-c3ccc(Cl)cc3Cl)o2)c1. The Labute approximate surface area is 205 Å². The molecule has 0 aliphatic heterocycles. The highest BCUT2D eigenvalue weighted by Crippen LogP contribution is 2.31. The summed E-state index contributed by atoms with van der Waals surface area (Å²) < 4.78 is 5.61. The lowest BCUT2D eigenvalue weighted by Gasteiger charge is -2.12. The molecule has 0 saturated heterocycles. The van der Waals surface area contributed by atoms with Gasteiger partial charge in [0, 0.05) is 22.7 Å². The van der Waals surface area contributed by atoms with E-state index in [0.717, 1.165) is 6.42 Å². The fourth-order valence-corrected chi connectivity index (χ4v) is 3.63. The maximum Gasteiger partial charge on any atom is 0.293 e. The molecular weight excluding hydrogens is 493 g/mol. The monoisotopic (exact) mass is 509 g/mol. The third kappa shape index (κ3) is 6.23. The second-order valence-electron chi connectivity index (χ2n) is 6.69. The van der Waals surface area contributed by atoms with E-state index < -0.39 is 5.91 Å². The first kappa shape index (κ1) is 24.1. The van der Waals surface area contributed by atoms with Crippen LogP contribution in [0.3, 0.4) is 0 Å². The molecule has 0 bridgehead atoms. The number of halogens is 3. The summed E-state index contributed by atoms with van der Waals surface area (Å²) in [6, 6.07) is 13.0. The van der Waals surface area contributed by atoms with Crippen LogP contribution in [0.15, 0.2) is 52.9 Å². The number of nitrogens with one attached hydrogen (secondary N) is 3. The average molecular weight is 511 g/mol. The number of carbonyl (C=O) groups is 2. The first-order chi connectivity index (χ1) is 15.3. The molecule has 32 heavy (non-hydrogen) atoms. The van der Waals surface area contributed by atoms with Crippen molar-refractivity contribution in [3.8, 4) is 11.3 Å². The molecule has 0 atom stereocenters. The minimum Gasteiger partial charge on any atom is -0.451 e. The first-order valence-corrected chi connectivity index (χ1v) is 11.1. The zero-order valence-corrected chi connectivity index (χ0v) is 19.9. The third-order valence-electron chi connectivity index (χ3n) is 4.23. The van der Waals surface area contributed by atoms with Crippen LogP contribution in [0, 0.1) is 0 Å². The maximum atomic E-state index is 12.5. The van der Waals surface area contributed by atoms with Crippen LogP contribution in [0.25, 0.3) is 11.3 Å². The summed E-state index contributed by atoms with van der Waals surface area (Å²) in [5.41, 5.74) is 1.59. The summed E-state index contributed by atoms with van der Waals surface area (Å²) in [5.74, 6) is -0.204. The van der Waals surface area contributed by atoms with Crippen LogP contribution in [0.2, 0.25) is 15.1 Å². The molecule has 6 nitrogen and oxygen atoms in total. The van der Waals surface area contributed by atoms with Crippen LogP contribution in [-0.2, 0) is 4.79 Å². The van der Waals surface area contributed by atoms with Crippen LogP contribution in [0.4, 0.5) is 11.4 Å². The van der Waals surface area contributed by atoms with E-state index >= 15 is 0 Å². The van der Waals surface area contributed by atoms with Gasteiger partial charge in [-0.2, -0.15) is 0 Å². The Morgan fingerprint density at radius 3 is 2.47 bits per heavy atom. The molecule has 0 radical (unpaired) electrons. The lowest BCUT2D eigenvalue weighted by atomic mass is 10.2. The lowest BCUT2D eigenvalue weighted by molar-refractivity contribution is -0.116. The molecule has 0 fully saturated rings. The van der Waals surface area contributed by atoms with E-state index in [-0.39, 0.29) is 16.8 Å². The molecule has 3 N–H and O–H groups in total. The zero-order valence-electron chi connectivity index (χ0n) is 16.8. The van der Waals surface area contributed by atoms with E-state index in [2.05, 4.69) is 16.0 Å². The number of hydrogen-bond donors (Lipinski definition) is 3. The van der Waals surface area contributed by atoms with Gasteiger partial charge in [-0.3, -0.25) is 14.9 Å². The molecule has 2 aromatic carbocycles. The summed E-state index contributed by atoms with van der Waals surface area (Å²) in [6.07, 6.45) is 1.14. The van der Waals surface area contributed by atoms with E-state index in [9.17, 15) is 9.59 Å². The summed E-state index contributed by atoms with van der Waals surface area (Å²) in [7, 11) is 0. The van der Waals surface area contributed by atoms with Gasteiger partial charge >= 0.3 is 0 Å². The molecule has 2 amide bonds. The number of carbonyl (C=O) groups excluding carboxylic acids is 2. The normalized spacial score (nSPS) is 10.5. The summed E-state index contributed by atoms with van der Waals surface area (Å²) in [5, 5.41) is 9.42. The number of rotatable bonds is 6. The molecule has 166 valence electrons. The highest BCUT2D eigenvalue weighted by atomic mass is 35.5. The molecule has 3 rings (SSSR count). The second kappa shape index (κ2) is 10.8. The predicted octanol–water partition coefficient (Wildman–Crippen LogP) is 6.77. The van der Waals surface area contributed by atoms with Gasteiger partial charge in [0.15, 0.2) is 10.9 Å². The quantitative estimate of drug-likeness (QED) is 0.319. The van der Waals surface area contributed by atoms with E-state index in [4.69, 9.17) is 51.4 Å². The van der Waals surface area contributed by atoms with Crippen molar-refractivity contribution in [2.75, 3.05) is 10.6 Å². The summed E-state index contributed by atoms with van der Waals surface area (Å²) >= 11 is 23.5. The Morgan fingerprint density at radius 2 is 1.75 bits per heavy atom. The predicted molar refractivity (Wildman–Crippen MR) is 133 cm³/mol. The number of thiocarbonyl (C=S) groups is 1. The second-order valence-corrected chi connectivity index (χ2v) is 8.35. The van der Waals surface area contributed by atoms with Gasteiger partial charge in [-0.15, -0.1) is 0 Å². The number of anilines is 2. The molecule has 0 unspecified atom stereocenters. The van der Waals surface area contributed by atoms with Crippen molar-refractivity contribution in [3.05, 3.63) is 69.4 Å². The largest absolute Gasteiger partial charge is 0.451 e. The van der Waals surface area contributed by atoms with Crippen molar-refractivity contribution < 1.29 is 14.0 Å². The highest BCUT2D eigenvalue weighted by Gasteiger charge is 2.16. The van der Waals surface area contributed by atoms with E-state index in [1.807, 2.05) is 6.92 Å². The van der Waals surface area contributed by atoms with Crippen LogP contribution in [-0.4, -0.2) is 16.9 Å². The molecule has 0 aliphatic rings. The number of amides is 2. The topological polar surface area (TPSA) is 83.4 Å². The molecular formula is C22H18Cl3N3O3S. The standard InChI is InChI=1S/C22H18Cl3N3O3S/c1-2-3-20(29)26-13-5-7-15(24)17(11-13)27-22(32)28-21(30)19-9-8-18(31-19)14-6-4-12(23)10-16(14)25/h4-11H,2-3H2,1H3,(H,26,29)(H2,27,28,30,32). The molecule has 1 aromatic heterocycles. The summed E-state index contributed by atoms with van der Waals surface area (Å²) in [6.45, 7) is 1.92. The molecule has 0 saturated carbocycles. The van der Waals surface area contributed by atoms with Gasteiger partial charge < -0.3 is 15.1 Å². The van der Waals surface area contributed by atoms with E-state index in [1.165, 1.54) is 6.07 Å². The van der Waals surface area contributed by atoms with E-state index in [0.29, 0.717) is 44.2 Å². The molecule has 10 heteroatoms. The minimum absolute atomic E-state index is 0.0106. The maximum absolute atomic E-state index is 12.5. The van der Waals surface area contributed by atoms with Crippen molar-refractivity contribution in [1.29, 1.82) is 0 Å². The third-order valence-corrected chi connectivity index (χ3v) is 5.31. The van der Waals surface area contributed by atoms with Gasteiger partial charge in [0.25, 0.3) is 5.91 Å². The number of hydrogen-bond acceptors (Lipinski definition) is 4. The van der Waals surface area contributed by atoms with E-state index in [1.54, 1.807) is 42.5 Å². The Kier molecular flexibility index (Phi) is 8.15. The molecule has 3 aromatic rings. The molecule has 0 aliphatic carbocycles. The Hall–Kier alpha value is -2.58. The fraction of sp³-hybridized carbons (Fsp3) is 0.136. The highest BCUT2D eigenvalue weighted by molar-refractivity contribution is 7.80. The number of benzene rings is 2. The number of furan rings is 1. The Morgan fingerprint density at radius 1 is 0.969 bits per heavy atom. The van der Waals surface area contributed by atoms with Crippen LogP contribution in [0.5, 0.6) is 0 Å². The minimum atomic E-state index is -0.553. The average Bonchev–Trinajstić information content (AvgIpc) is 3.20. The zero-order chi connectivity index (χ0) is 23.3. The van der Waals surface area contributed by atoms with Crippen LogP contribution < -0.4 is 16.0 Å². The Bertz CT molecular complexity index is 1180. The van der Waals surface area contributed by atoms with Gasteiger partial charge in [0.1, 0.15) is 5.76 Å². The van der Waals surface area contributed by atoms with Crippen molar-refractivity contribution in [3.63, 3.8) is 0 Å². The molecule has 1 heterocycles. The van der Waals surface area contributed by atoms with Crippen molar-refractivity contribution in [2.24, 2.45) is 0 Å². The van der Waals surface area contributed by atoms with Crippen molar-refractivity contribution in [2.45, 2.75) is 19.8 Å². The Balaban J connectivity index is 1.66. The summed E-state index contributed by atoms with van der Waals surface area (Å²) in [4.78, 5) is 24.3. The van der Waals surface area contributed by atoms with Gasteiger partial charge in [0.05, 0.1) is 15.7 Å². The van der Waals surface area contributed by atoms with Crippen LogP contribution in [0.1, 0.15) is 30.3 Å². The first-order valence-electron chi connectivity index (χ1n) is 9.53. The van der Waals surface area contributed by atoms with Gasteiger partial charge in [-0.25, -0.2) is 0 Å². The van der Waals surface area contributed by atoms with Gasteiger partial charge in [-0.05, 0) is 67.2 Å². The van der Waals surface area contributed by atoms with Crippen molar-refractivity contribution >= 4 is 75.3 Å². The fourth-order valence-electron chi connectivity index (χ4n) is 2.76. The van der Waals surface area contributed by atoms with Crippen LogP contribution >= 0.6 is 47.0 Å². The van der Waals surface area contributed by atoms with Crippen molar-refractivity contribution in [1.82, 2.24) is 5.32 Å². The smallest absolute Gasteiger partial charge is 0.293 e. The lowest BCUT2D eigenvalue weighted by Crippen LogP contribution is -2.34. The van der Waals surface area contributed by atoms with Gasteiger partial charge in [0.2, 0.25) is 5.91 Å². The van der Waals surface area contributed by atoms with Gasteiger partial charge in [-0.1, -0.05) is 41.7 Å².